The van der Waals surface area contributed by atoms with E-state index in [9.17, 15) is 18.0 Å². The van der Waals surface area contributed by atoms with E-state index in [1.54, 1.807) is 24.3 Å². The van der Waals surface area contributed by atoms with E-state index in [2.05, 4.69) is 5.32 Å². The zero-order chi connectivity index (χ0) is 26.5. The molecule has 2 aromatic rings. The Morgan fingerprint density at radius 3 is 2.17 bits per heavy atom. The molecule has 0 unspecified atom stereocenters. The Kier molecular flexibility index (Phi) is 9.41. The van der Waals surface area contributed by atoms with Crippen molar-refractivity contribution in [3.8, 4) is 0 Å². The number of hydrogen-bond donors (Lipinski definition) is 1. The van der Waals surface area contributed by atoms with Crippen LogP contribution < -0.4 is 9.62 Å². The number of benzene rings is 2. The minimum Gasteiger partial charge on any atom is -0.352 e. The molecule has 7 nitrogen and oxygen atoms in total. The Bertz CT molecular complexity index is 1160. The molecule has 0 saturated heterocycles. The molecule has 1 aliphatic carbocycles. The summed E-state index contributed by atoms with van der Waals surface area (Å²) < 4.78 is 26.7. The zero-order valence-corrected chi connectivity index (χ0v) is 23.0. The number of carbonyl (C=O) groups is 2. The Hall–Kier alpha value is -2.58. The lowest BCUT2D eigenvalue weighted by Crippen LogP contribution is -2.53. The van der Waals surface area contributed by atoms with Gasteiger partial charge in [-0.3, -0.25) is 13.9 Å². The van der Waals surface area contributed by atoms with Gasteiger partial charge in [0.05, 0.1) is 11.9 Å². The van der Waals surface area contributed by atoms with Crippen LogP contribution in [0.4, 0.5) is 5.69 Å². The first-order chi connectivity index (χ1) is 17.0. The molecule has 36 heavy (non-hydrogen) atoms. The molecule has 2 amide bonds. The topological polar surface area (TPSA) is 86.8 Å². The molecule has 0 spiro atoms. The van der Waals surface area contributed by atoms with Crippen molar-refractivity contribution in [3.63, 3.8) is 0 Å². The molecule has 1 fully saturated rings. The normalized spacial score (nSPS) is 14.9. The van der Waals surface area contributed by atoms with Crippen molar-refractivity contribution in [2.45, 2.75) is 71.5 Å². The monoisotopic (exact) mass is 533 g/mol. The van der Waals surface area contributed by atoms with Crippen molar-refractivity contribution >= 4 is 39.1 Å². The summed E-state index contributed by atoms with van der Waals surface area (Å²) in [5.74, 6) is -0.646. The fourth-order valence-electron chi connectivity index (χ4n) is 4.78. The molecule has 196 valence electrons. The molecule has 1 N–H and O–H groups in total. The Morgan fingerprint density at radius 1 is 1.06 bits per heavy atom. The SMILES string of the molecule is CC[C@H](C(=O)NC1CCCC1)N(Cc1ccc(Cl)cc1)C(=O)CN(c1cc(C)cc(C)c1)S(C)(=O)=O. The number of sulfonamides is 1. The number of rotatable bonds is 10. The van der Waals surface area contributed by atoms with Crippen LogP contribution in [0, 0.1) is 13.8 Å². The summed E-state index contributed by atoms with van der Waals surface area (Å²) in [6, 6.07) is 11.9. The maximum atomic E-state index is 13.8. The van der Waals surface area contributed by atoms with E-state index in [1.807, 2.05) is 39.0 Å². The van der Waals surface area contributed by atoms with Crippen molar-refractivity contribution in [3.05, 3.63) is 64.2 Å². The second kappa shape index (κ2) is 12.1. The maximum Gasteiger partial charge on any atom is 0.244 e. The number of anilines is 1. The average molecular weight is 534 g/mol. The lowest BCUT2D eigenvalue weighted by Gasteiger charge is -2.33. The van der Waals surface area contributed by atoms with Crippen LogP contribution in [0.3, 0.4) is 0 Å². The van der Waals surface area contributed by atoms with Gasteiger partial charge in [-0.15, -0.1) is 0 Å². The molecular weight excluding hydrogens is 498 g/mol. The summed E-state index contributed by atoms with van der Waals surface area (Å²) in [5.41, 5.74) is 3.02. The highest BCUT2D eigenvalue weighted by atomic mass is 35.5. The summed E-state index contributed by atoms with van der Waals surface area (Å²) in [6.07, 6.45) is 5.51. The third-order valence-electron chi connectivity index (χ3n) is 6.53. The fraction of sp³-hybridized carbons (Fsp3) is 0.481. The van der Waals surface area contributed by atoms with Crippen molar-refractivity contribution < 1.29 is 18.0 Å². The Balaban J connectivity index is 1.93. The van der Waals surface area contributed by atoms with Crippen molar-refractivity contribution in [1.82, 2.24) is 10.2 Å². The first-order valence-corrected chi connectivity index (χ1v) is 14.6. The van der Waals surface area contributed by atoms with E-state index in [0.29, 0.717) is 17.1 Å². The lowest BCUT2D eigenvalue weighted by molar-refractivity contribution is -0.140. The third-order valence-corrected chi connectivity index (χ3v) is 7.92. The largest absolute Gasteiger partial charge is 0.352 e. The molecule has 0 heterocycles. The van der Waals surface area contributed by atoms with Gasteiger partial charge in [-0.1, -0.05) is 49.6 Å². The summed E-state index contributed by atoms with van der Waals surface area (Å²) in [5, 5.41) is 3.67. The standard InChI is InChI=1S/C27H36ClN3O4S/c1-5-25(27(33)29-23-8-6-7-9-23)30(17-21-10-12-22(28)13-11-21)26(32)18-31(36(4,34)35)24-15-19(2)14-20(3)16-24/h10-16,23,25H,5-9,17-18H2,1-4H3,(H,29,33)/t25-/m1/s1. The van der Waals surface area contributed by atoms with Crippen LogP contribution in [0.5, 0.6) is 0 Å². The van der Waals surface area contributed by atoms with Gasteiger partial charge in [-0.25, -0.2) is 8.42 Å². The minimum absolute atomic E-state index is 0.113. The molecule has 3 rings (SSSR count). The van der Waals surface area contributed by atoms with Crippen LogP contribution in [0.1, 0.15) is 55.7 Å². The van der Waals surface area contributed by atoms with Crippen LogP contribution in [0.2, 0.25) is 5.02 Å². The number of amides is 2. The smallest absolute Gasteiger partial charge is 0.244 e. The van der Waals surface area contributed by atoms with Gasteiger partial charge in [-0.05, 0) is 74.1 Å². The molecule has 1 atom stereocenters. The summed E-state index contributed by atoms with van der Waals surface area (Å²) >= 11 is 6.04. The number of nitrogens with zero attached hydrogens (tertiary/aromatic N) is 2. The second-order valence-corrected chi connectivity index (χ2v) is 12.0. The molecule has 1 aliphatic rings. The van der Waals surface area contributed by atoms with E-state index in [4.69, 9.17) is 11.6 Å². The Labute approximate surface area is 219 Å². The number of aryl methyl sites for hydroxylation is 2. The number of nitrogens with one attached hydrogen (secondary N) is 1. The lowest BCUT2D eigenvalue weighted by atomic mass is 10.1. The first-order valence-electron chi connectivity index (χ1n) is 12.4. The zero-order valence-electron chi connectivity index (χ0n) is 21.5. The molecule has 0 radical (unpaired) electrons. The molecule has 0 aliphatic heterocycles. The van der Waals surface area contributed by atoms with Gasteiger partial charge in [0.15, 0.2) is 0 Å². The average Bonchev–Trinajstić information content (AvgIpc) is 3.30. The van der Waals surface area contributed by atoms with Gasteiger partial charge in [0.1, 0.15) is 12.6 Å². The molecule has 0 aromatic heterocycles. The number of carbonyl (C=O) groups excluding carboxylic acids is 2. The summed E-state index contributed by atoms with van der Waals surface area (Å²) in [7, 11) is -3.76. The van der Waals surface area contributed by atoms with E-state index < -0.39 is 28.5 Å². The van der Waals surface area contributed by atoms with Gasteiger partial charge in [0.25, 0.3) is 0 Å². The minimum atomic E-state index is -3.76. The highest BCUT2D eigenvalue weighted by Gasteiger charge is 2.33. The maximum absolute atomic E-state index is 13.8. The van der Waals surface area contributed by atoms with Crippen LogP contribution in [-0.2, 0) is 26.2 Å². The van der Waals surface area contributed by atoms with Crippen molar-refractivity contribution in [2.75, 3.05) is 17.1 Å². The van der Waals surface area contributed by atoms with Crippen LogP contribution in [-0.4, -0.2) is 50.0 Å². The van der Waals surface area contributed by atoms with Crippen molar-refractivity contribution in [1.29, 1.82) is 0 Å². The summed E-state index contributed by atoms with van der Waals surface area (Å²) in [6.45, 7) is 5.39. The quantitative estimate of drug-likeness (QED) is 0.484. The van der Waals surface area contributed by atoms with Gasteiger partial charge >= 0.3 is 0 Å². The number of hydrogen-bond acceptors (Lipinski definition) is 4. The van der Waals surface area contributed by atoms with Gasteiger partial charge in [-0.2, -0.15) is 0 Å². The Morgan fingerprint density at radius 2 is 1.64 bits per heavy atom. The molecule has 0 bridgehead atoms. The van der Waals surface area contributed by atoms with E-state index in [-0.39, 0.29) is 18.5 Å². The van der Waals surface area contributed by atoms with E-state index in [0.717, 1.165) is 52.9 Å². The van der Waals surface area contributed by atoms with Crippen molar-refractivity contribution in [2.24, 2.45) is 0 Å². The van der Waals surface area contributed by atoms with Crippen LogP contribution in [0.15, 0.2) is 42.5 Å². The predicted octanol–water partition coefficient (Wildman–Crippen LogP) is 4.59. The fourth-order valence-corrected chi connectivity index (χ4v) is 5.74. The molecule has 1 saturated carbocycles. The van der Waals surface area contributed by atoms with Crippen LogP contribution in [0.25, 0.3) is 0 Å². The van der Waals surface area contributed by atoms with Gasteiger partial charge < -0.3 is 10.2 Å². The highest BCUT2D eigenvalue weighted by Crippen LogP contribution is 2.23. The van der Waals surface area contributed by atoms with E-state index in [1.165, 1.54) is 4.90 Å². The van der Waals surface area contributed by atoms with Gasteiger partial charge in [0, 0.05) is 17.6 Å². The third kappa shape index (κ3) is 7.46. The molecule has 2 aromatic carbocycles. The second-order valence-electron chi connectivity index (χ2n) is 9.68. The highest BCUT2D eigenvalue weighted by molar-refractivity contribution is 7.92. The summed E-state index contributed by atoms with van der Waals surface area (Å²) in [4.78, 5) is 28.6. The molecular formula is C27H36ClN3O4S. The molecule has 9 heteroatoms. The van der Waals surface area contributed by atoms with E-state index >= 15 is 0 Å². The predicted molar refractivity (Wildman–Crippen MR) is 145 cm³/mol. The van der Waals surface area contributed by atoms with Gasteiger partial charge in [0.2, 0.25) is 21.8 Å². The number of halogens is 1. The van der Waals surface area contributed by atoms with Crippen LogP contribution >= 0.6 is 11.6 Å². The first kappa shape index (κ1) is 28.0.